The summed E-state index contributed by atoms with van der Waals surface area (Å²) in [5.41, 5.74) is 1.38. The van der Waals surface area contributed by atoms with Gasteiger partial charge in [-0.25, -0.2) is 4.39 Å². The van der Waals surface area contributed by atoms with Crippen molar-refractivity contribution in [1.82, 2.24) is 9.59 Å². The Kier molecular flexibility index (Phi) is 4.76. The fourth-order valence-corrected chi connectivity index (χ4v) is 2.78. The third kappa shape index (κ3) is 3.45. The first-order valence-electron chi connectivity index (χ1n) is 5.90. The van der Waals surface area contributed by atoms with Crippen LogP contribution in [-0.2, 0) is 12.8 Å². The summed E-state index contributed by atoms with van der Waals surface area (Å²) in [6.07, 6.45) is 1.80. The number of carbonyl (C=O) groups is 1. The molecule has 0 unspecified atom stereocenters. The van der Waals surface area contributed by atoms with Gasteiger partial charge in [0.05, 0.1) is 5.69 Å². The predicted octanol–water partition coefficient (Wildman–Crippen LogP) is 3.82. The lowest BCUT2D eigenvalue weighted by Gasteiger charge is -2.03. The van der Waals surface area contributed by atoms with Crippen LogP contribution in [0, 0.1) is 5.82 Å². The largest absolute Gasteiger partial charge is 0.293 e. The average Bonchev–Trinajstić information content (AvgIpc) is 2.82. The Hall–Kier alpha value is -1.14. The van der Waals surface area contributed by atoms with Gasteiger partial charge in [-0.05, 0) is 41.7 Å². The van der Waals surface area contributed by atoms with E-state index in [9.17, 15) is 9.18 Å². The highest BCUT2D eigenvalue weighted by Gasteiger charge is 2.17. The van der Waals surface area contributed by atoms with Gasteiger partial charge in [-0.1, -0.05) is 33.8 Å². The normalized spacial score (nSPS) is 10.7. The Labute approximate surface area is 123 Å². The maximum absolute atomic E-state index is 13.2. The standard InChI is InChI=1S/C13H12BrFN2OS/c1-2-3-11-13(19-17-16-11)12(18)7-8-6-9(15)4-5-10(8)14/h4-6H,2-3,7H2,1H3. The number of Topliss-reactive ketones (excluding diaryl/α,β-unsaturated/α-hetero) is 1. The Morgan fingerprint density at radius 2 is 2.26 bits per heavy atom. The lowest BCUT2D eigenvalue weighted by atomic mass is 10.1. The lowest BCUT2D eigenvalue weighted by Crippen LogP contribution is -2.05. The number of hydrogen-bond acceptors (Lipinski definition) is 4. The van der Waals surface area contributed by atoms with E-state index in [0.29, 0.717) is 10.4 Å². The van der Waals surface area contributed by atoms with Crippen LogP contribution in [0.5, 0.6) is 0 Å². The van der Waals surface area contributed by atoms with Gasteiger partial charge in [0.1, 0.15) is 10.7 Å². The summed E-state index contributed by atoms with van der Waals surface area (Å²) in [6, 6.07) is 4.33. The monoisotopic (exact) mass is 342 g/mol. The number of carbonyl (C=O) groups excluding carboxylic acids is 1. The molecule has 0 aliphatic rings. The molecule has 100 valence electrons. The molecule has 1 aromatic heterocycles. The molecular weight excluding hydrogens is 331 g/mol. The van der Waals surface area contributed by atoms with Crippen molar-refractivity contribution in [2.24, 2.45) is 0 Å². The van der Waals surface area contributed by atoms with Crippen molar-refractivity contribution in [3.05, 3.63) is 44.6 Å². The van der Waals surface area contributed by atoms with Crippen molar-refractivity contribution >= 4 is 33.2 Å². The maximum Gasteiger partial charge on any atom is 0.180 e. The van der Waals surface area contributed by atoms with Crippen molar-refractivity contribution in [2.75, 3.05) is 0 Å². The number of aromatic nitrogens is 2. The van der Waals surface area contributed by atoms with Gasteiger partial charge in [0, 0.05) is 10.9 Å². The minimum Gasteiger partial charge on any atom is -0.293 e. The van der Waals surface area contributed by atoms with Gasteiger partial charge >= 0.3 is 0 Å². The number of benzene rings is 1. The molecular formula is C13H12BrFN2OS. The second kappa shape index (κ2) is 6.34. The van der Waals surface area contributed by atoms with Crippen molar-refractivity contribution < 1.29 is 9.18 Å². The third-order valence-corrected chi connectivity index (χ3v) is 4.24. The first-order valence-corrected chi connectivity index (χ1v) is 7.46. The number of nitrogens with zero attached hydrogens (tertiary/aromatic N) is 2. The zero-order valence-electron chi connectivity index (χ0n) is 10.3. The van der Waals surface area contributed by atoms with E-state index in [-0.39, 0.29) is 18.0 Å². The summed E-state index contributed by atoms with van der Waals surface area (Å²) in [7, 11) is 0. The lowest BCUT2D eigenvalue weighted by molar-refractivity contribution is 0.0995. The maximum atomic E-state index is 13.2. The van der Waals surface area contributed by atoms with Gasteiger partial charge in [-0.3, -0.25) is 4.79 Å². The Morgan fingerprint density at radius 1 is 1.47 bits per heavy atom. The predicted molar refractivity (Wildman–Crippen MR) is 76.0 cm³/mol. The molecule has 0 radical (unpaired) electrons. The van der Waals surface area contributed by atoms with E-state index in [2.05, 4.69) is 25.5 Å². The van der Waals surface area contributed by atoms with Crippen LogP contribution in [0.25, 0.3) is 0 Å². The summed E-state index contributed by atoms with van der Waals surface area (Å²) in [5.74, 6) is -0.410. The molecule has 1 heterocycles. The molecule has 0 fully saturated rings. The molecule has 0 bridgehead atoms. The van der Waals surface area contributed by atoms with Crippen molar-refractivity contribution in [1.29, 1.82) is 0 Å². The van der Waals surface area contributed by atoms with Crippen LogP contribution in [0.15, 0.2) is 22.7 Å². The number of rotatable bonds is 5. The molecule has 19 heavy (non-hydrogen) atoms. The highest BCUT2D eigenvalue weighted by molar-refractivity contribution is 9.10. The highest BCUT2D eigenvalue weighted by Crippen LogP contribution is 2.22. The topological polar surface area (TPSA) is 42.9 Å². The summed E-state index contributed by atoms with van der Waals surface area (Å²) in [5, 5.41) is 3.97. The molecule has 0 N–H and O–H groups in total. The molecule has 0 aliphatic heterocycles. The minimum atomic E-state index is -0.345. The second-order valence-corrected chi connectivity index (χ2v) is 5.74. The molecule has 0 amide bonds. The number of aryl methyl sites for hydroxylation is 1. The summed E-state index contributed by atoms with van der Waals surface area (Å²) >= 11 is 4.43. The summed E-state index contributed by atoms with van der Waals surface area (Å²) in [4.78, 5) is 12.8. The van der Waals surface area contributed by atoms with Gasteiger partial charge < -0.3 is 0 Å². The zero-order chi connectivity index (χ0) is 13.8. The first kappa shape index (κ1) is 14.3. The van der Waals surface area contributed by atoms with Crippen LogP contribution in [-0.4, -0.2) is 15.4 Å². The molecule has 0 aliphatic carbocycles. The van der Waals surface area contributed by atoms with Crippen LogP contribution >= 0.6 is 27.5 Å². The average molecular weight is 343 g/mol. The third-order valence-electron chi connectivity index (χ3n) is 2.65. The van der Waals surface area contributed by atoms with E-state index in [1.807, 2.05) is 6.92 Å². The summed E-state index contributed by atoms with van der Waals surface area (Å²) < 4.78 is 17.7. The van der Waals surface area contributed by atoms with E-state index in [1.165, 1.54) is 12.1 Å². The SMILES string of the molecule is CCCc1nnsc1C(=O)Cc1cc(F)ccc1Br. The van der Waals surface area contributed by atoms with Crippen LogP contribution in [0.2, 0.25) is 0 Å². The van der Waals surface area contributed by atoms with Crippen molar-refractivity contribution in [2.45, 2.75) is 26.2 Å². The Morgan fingerprint density at radius 3 is 3.00 bits per heavy atom. The van der Waals surface area contributed by atoms with E-state index >= 15 is 0 Å². The van der Waals surface area contributed by atoms with E-state index in [4.69, 9.17) is 0 Å². The van der Waals surface area contributed by atoms with Crippen molar-refractivity contribution in [3.8, 4) is 0 Å². The van der Waals surface area contributed by atoms with E-state index < -0.39 is 0 Å². The van der Waals surface area contributed by atoms with Crippen molar-refractivity contribution in [3.63, 3.8) is 0 Å². The molecule has 2 rings (SSSR count). The minimum absolute atomic E-state index is 0.0650. The number of ketones is 1. The fourth-order valence-electron chi connectivity index (χ4n) is 1.75. The van der Waals surface area contributed by atoms with Gasteiger partial charge in [0.15, 0.2) is 5.78 Å². The second-order valence-electron chi connectivity index (χ2n) is 4.13. The van der Waals surface area contributed by atoms with Crippen LogP contribution in [0.1, 0.15) is 34.3 Å². The molecule has 3 nitrogen and oxygen atoms in total. The first-order chi connectivity index (χ1) is 9.11. The smallest absolute Gasteiger partial charge is 0.180 e. The van der Waals surface area contributed by atoms with Crippen LogP contribution < -0.4 is 0 Å². The van der Waals surface area contributed by atoms with Gasteiger partial charge in [-0.2, -0.15) is 0 Å². The molecule has 0 saturated heterocycles. The molecule has 0 spiro atoms. The van der Waals surface area contributed by atoms with E-state index in [0.717, 1.165) is 34.5 Å². The van der Waals surface area contributed by atoms with Crippen LogP contribution in [0.4, 0.5) is 4.39 Å². The molecule has 2 aromatic rings. The molecule has 1 aromatic carbocycles. The van der Waals surface area contributed by atoms with E-state index in [1.54, 1.807) is 6.07 Å². The molecule has 0 saturated carbocycles. The molecule has 6 heteroatoms. The van der Waals surface area contributed by atoms with Crippen LogP contribution in [0.3, 0.4) is 0 Å². The van der Waals surface area contributed by atoms with Gasteiger partial charge in [0.2, 0.25) is 0 Å². The zero-order valence-corrected chi connectivity index (χ0v) is 12.7. The van der Waals surface area contributed by atoms with Gasteiger partial charge in [0.25, 0.3) is 0 Å². The van der Waals surface area contributed by atoms with Gasteiger partial charge in [-0.15, -0.1) is 5.10 Å². The fraction of sp³-hybridized carbons (Fsp3) is 0.308. The number of halogens is 2. The molecule has 0 atom stereocenters. The number of hydrogen-bond donors (Lipinski definition) is 0. The quantitative estimate of drug-likeness (QED) is 0.775. The Bertz CT molecular complexity index is 600. The highest BCUT2D eigenvalue weighted by atomic mass is 79.9. The Balaban J connectivity index is 2.21. The summed E-state index contributed by atoms with van der Waals surface area (Å²) in [6.45, 7) is 2.02.